The Balaban J connectivity index is 2.91. The summed E-state index contributed by atoms with van der Waals surface area (Å²) < 4.78 is 12.9. The summed E-state index contributed by atoms with van der Waals surface area (Å²) in [5.74, 6) is -0.378. The monoisotopic (exact) mass is 191 g/mol. The normalized spacial score (nSPS) is 10.7. The third-order valence-electron chi connectivity index (χ3n) is 2.33. The van der Waals surface area contributed by atoms with E-state index in [0.29, 0.717) is 5.39 Å². The van der Waals surface area contributed by atoms with Gasteiger partial charge in [-0.25, -0.2) is 4.39 Å². The van der Waals surface area contributed by atoms with E-state index in [4.69, 9.17) is 0 Å². The summed E-state index contributed by atoms with van der Waals surface area (Å²) in [5, 5.41) is 1.25. The van der Waals surface area contributed by atoms with E-state index in [9.17, 15) is 9.18 Å². The minimum absolute atomic E-state index is 0.239. The Kier molecular flexibility index (Phi) is 2.08. The molecule has 0 aliphatic heterocycles. The van der Waals surface area contributed by atoms with E-state index in [1.807, 2.05) is 6.92 Å². The van der Waals surface area contributed by atoms with Crippen molar-refractivity contribution in [2.75, 3.05) is 0 Å². The van der Waals surface area contributed by atoms with Crippen LogP contribution in [0.1, 0.15) is 12.5 Å². The van der Waals surface area contributed by atoms with Crippen LogP contribution >= 0.6 is 0 Å². The average molecular weight is 191 g/mol. The van der Waals surface area contributed by atoms with Crippen LogP contribution in [0.4, 0.5) is 4.39 Å². The Labute approximate surface area is 80.4 Å². The van der Waals surface area contributed by atoms with Crippen LogP contribution in [-0.2, 0) is 6.42 Å². The second-order valence-corrected chi connectivity index (χ2v) is 3.19. The van der Waals surface area contributed by atoms with Crippen LogP contribution in [-0.4, -0.2) is 4.98 Å². The van der Waals surface area contributed by atoms with Crippen LogP contribution < -0.4 is 5.56 Å². The van der Waals surface area contributed by atoms with Gasteiger partial charge in [0, 0.05) is 6.20 Å². The molecule has 0 bridgehead atoms. The molecule has 0 saturated heterocycles. The first kappa shape index (κ1) is 8.94. The van der Waals surface area contributed by atoms with Crippen molar-refractivity contribution in [1.82, 2.24) is 4.98 Å². The predicted molar refractivity (Wildman–Crippen MR) is 53.9 cm³/mol. The van der Waals surface area contributed by atoms with E-state index in [0.717, 1.165) is 17.4 Å². The lowest BCUT2D eigenvalue weighted by atomic mass is 10.1. The molecule has 72 valence electrons. The smallest absolute Gasteiger partial charge is 0.255 e. The van der Waals surface area contributed by atoms with E-state index in [1.165, 1.54) is 12.1 Å². The zero-order chi connectivity index (χ0) is 10.1. The molecule has 1 N–H and O–H groups in total. The first-order chi connectivity index (χ1) is 6.72. The maximum atomic E-state index is 12.9. The highest BCUT2D eigenvalue weighted by Gasteiger charge is 2.03. The van der Waals surface area contributed by atoms with Gasteiger partial charge in [0.1, 0.15) is 5.82 Å². The van der Waals surface area contributed by atoms with E-state index in [-0.39, 0.29) is 11.4 Å². The highest BCUT2D eigenvalue weighted by molar-refractivity contribution is 5.84. The molecule has 2 rings (SSSR count). The number of aromatic amines is 1. The maximum Gasteiger partial charge on any atom is 0.255 e. The van der Waals surface area contributed by atoms with Gasteiger partial charge in [-0.2, -0.15) is 0 Å². The molecule has 0 amide bonds. The third kappa shape index (κ3) is 1.31. The topological polar surface area (TPSA) is 32.9 Å². The van der Waals surface area contributed by atoms with Crippen LogP contribution in [0.15, 0.2) is 29.2 Å². The Bertz CT molecular complexity index is 530. The zero-order valence-electron chi connectivity index (χ0n) is 7.80. The van der Waals surface area contributed by atoms with E-state index >= 15 is 0 Å². The number of aromatic nitrogens is 1. The van der Waals surface area contributed by atoms with Crippen LogP contribution in [0.5, 0.6) is 0 Å². The molecule has 0 unspecified atom stereocenters. The Morgan fingerprint density at radius 1 is 1.36 bits per heavy atom. The molecule has 0 saturated carbocycles. The summed E-state index contributed by atoms with van der Waals surface area (Å²) in [7, 11) is 0. The number of hydrogen-bond acceptors (Lipinski definition) is 1. The number of H-pyrrole nitrogens is 1. The Morgan fingerprint density at radius 2 is 2.14 bits per heavy atom. The minimum Gasteiger partial charge on any atom is -0.328 e. The number of nitrogens with one attached hydrogen (secondary N) is 1. The lowest BCUT2D eigenvalue weighted by Crippen LogP contribution is -2.07. The summed E-state index contributed by atoms with van der Waals surface area (Å²) in [5.41, 5.74) is 0.788. The van der Waals surface area contributed by atoms with Gasteiger partial charge >= 0.3 is 0 Å². The zero-order valence-corrected chi connectivity index (χ0v) is 7.80. The Hall–Kier alpha value is -1.64. The van der Waals surface area contributed by atoms with Gasteiger partial charge in [0.25, 0.3) is 5.56 Å². The molecule has 0 aliphatic carbocycles. The van der Waals surface area contributed by atoms with E-state index in [2.05, 4.69) is 4.98 Å². The highest BCUT2D eigenvalue weighted by atomic mass is 19.1. The third-order valence-corrected chi connectivity index (χ3v) is 2.33. The van der Waals surface area contributed by atoms with Crippen molar-refractivity contribution in [3.8, 4) is 0 Å². The van der Waals surface area contributed by atoms with E-state index < -0.39 is 0 Å². The number of aryl methyl sites for hydroxylation is 1. The molecular weight excluding hydrogens is 181 g/mol. The van der Waals surface area contributed by atoms with Gasteiger partial charge in [-0.05, 0) is 29.5 Å². The first-order valence-electron chi connectivity index (χ1n) is 4.52. The number of halogens is 1. The predicted octanol–water partition coefficient (Wildman–Crippen LogP) is 2.23. The van der Waals surface area contributed by atoms with Crippen molar-refractivity contribution < 1.29 is 4.39 Å². The molecule has 0 radical (unpaired) electrons. The summed E-state index contributed by atoms with van der Waals surface area (Å²) in [6.07, 6.45) is 2.50. The number of rotatable bonds is 1. The van der Waals surface area contributed by atoms with Gasteiger partial charge in [0.15, 0.2) is 0 Å². The fourth-order valence-electron chi connectivity index (χ4n) is 1.59. The second-order valence-electron chi connectivity index (χ2n) is 3.19. The largest absolute Gasteiger partial charge is 0.328 e. The summed E-state index contributed by atoms with van der Waals surface area (Å²) >= 11 is 0. The summed E-state index contributed by atoms with van der Waals surface area (Å²) in [4.78, 5) is 14.0. The van der Waals surface area contributed by atoms with Crippen molar-refractivity contribution in [3.05, 3.63) is 46.1 Å². The first-order valence-corrected chi connectivity index (χ1v) is 4.52. The van der Waals surface area contributed by atoms with Crippen molar-refractivity contribution in [3.63, 3.8) is 0 Å². The molecule has 1 heterocycles. The number of fused-ring (bicyclic) bond motifs is 1. The van der Waals surface area contributed by atoms with Crippen molar-refractivity contribution in [2.24, 2.45) is 0 Å². The van der Waals surface area contributed by atoms with Gasteiger partial charge in [0.2, 0.25) is 0 Å². The molecule has 2 aromatic rings. The lowest BCUT2D eigenvalue weighted by molar-refractivity contribution is 0.629. The summed E-state index contributed by atoms with van der Waals surface area (Å²) in [6, 6.07) is 4.30. The molecule has 1 aromatic heterocycles. The van der Waals surface area contributed by atoms with Crippen LogP contribution in [0.2, 0.25) is 0 Å². The van der Waals surface area contributed by atoms with Gasteiger partial charge in [0.05, 0.1) is 5.39 Å². The highest BCUT2D eigenvalue weighted by Crippen LogP contribution is 2.15. The molecule has 3 heteroatoms. The molecular formula is C11H10FNO. The molecule has 14 heavy (non-hydrogen) atoms. The van der Waals surface area contributed by atoms with Crippen molar-refractivity contribution in [1.29, 1.82) is 0 Å². The quantitative estimate of drug-likeness (QED) is 0.736. The van der Waals surface area contributed by atoms with Crippen LogP contribution in [0.3, 0.4) is 0 Å². The average Bonchev–Trinajstić information content (AvgIpc) is 2.19. The number of pyridine rings is 1. The fourth-order valence-corrected chi connectivity index (χ4v) is 1.59. The fraction of sp³-hybridized carbons (Fsp3) is 0.182. The molecule has 0 spiro atoms. The van der Waals surface area contributed by atoms with E-state index in [1.54, 1.807) is 12.3 Å². The SMILES string of the molecule is CCc1c[nH]c(=O)c2cc(F)ccc12. The molecule has 0 fully saturated rings. The maximum absolute atomic E-state index is 12.9. The molecule has 0 aliphatic rings. The second kappa shape index (κ2) is 3.25. The minimum atomic E-state index is -0.378. The van der Waals surface area contributed by atoms with Gasteiger partial charge in [-0.3, -0.25) is 4.79 Å². The van der Waals surface area contributed by atoms with Crippen LogP contribution in [0.25, 0.3) is 10.8 Å². The van der Waals surface area contributed by atoms with Crippen molar-refractivity contribution >= 4 is 10.8 Å². The van der Waals surface area contributed by atoms with Crippen LogP contribution in [0, 0.1) is 5.82 Å². The van der Waals surface area contributed by atoms with Gasteiger partial charge in [-0.15, -0.1) is 0 Å². The Morgan fingerprint density at radius 3 is 2.86 bits per heavy atom. The number of benzene rings is 1. The lowest BCUT2D eigenvalue weighted by Gasteiger charge is -2.02. The molecule has 0 atom stereocenters. The summed E-state index contributed by atoms with van der Waals surface area (Å²) in [6.45, 7) is 2.00. The standard InChI is InChI=1S/C11H10FNO/c1-2-7-6-13-11(14)10-5-8(12)3-4-9(7)10/h3-6H,2H2,1H3,(H,13,14). The van der Waals surface area contributed by atoms with Gasteiger partial charge in [-0.1, -0.05) is 13.0 Å². The number of hydrogen-bond donors (Lipinski definition) is 1. The van der Waals surface area contributed by atoms with Crippen molar-refractivity contribution in [2.45, 2.75) is 13.3 Å². The van der Waals surface area contributed by atoms with Gasteiger partial charge < -0.3 is 4.98 Å². The molecule has 2 nitrogen and oxygen atoms in total. The molecule has 1 aromatic carbocycles.